The minimum atomic E-state index is -4.58. The van der Waals surface area contributed by atoms with E-state index >= 15 is 0 Å². The molecule has 1 saturated carbocycles. The Bertz CT molecular complexity index is 1520. The monoisotopic (exact) mass is 635 g/mol. The van der Waals surface area contributed by atoms with Crippen molar-refractivity contribution in [1.29, 1.82) is 0 Å². The highest BCUT2D eigenvalue weighted by Crippen LogP contribution is 2.50. The molecule has 0 unspecified atom stereocenters. The van der Waals surface area contributed by atoms with Crippen LogP contribution >= 0.6 is 11.6 Å². The molecule has 0 amide bonds. The summed E-state index contributed by atoms with van der Waals surface area (Å²) in [6.45, 7) is 3.55. The van der Waals surface area contributed by atoms with E-state index in [1.807, 2.05) is 65.6 Å². The third kappa shape index (κ3) is 8.08. The van der Waals surface area contributed by atoms with Crippen LogP contribution in [-0.4, -0.2) is 37.2 Å². The zero-order valence-corrected chi connectivity index (χ0v) is 26.0. The first-order chi connectivity index (χ1) is 21.7. The number of carbonyl (C=O) groups excluding carboxylic acids is 1. The highest BCUT2D eigenvalue weighted by Gasteiger charge is 2.52. The molecule has 4 aromatic rings. The van der Waals surface area contributed by atoms with Gasteiger partial charge in [-0.2, -0.15) is 13.2 Å². The van der Waals surface area contributed by atoms with E-state index in [2.05, 4.69) is 24.3 Å². The lowest BCUT2D eigenvalue weighted by Crippen LogP contribution is -2.31. The molecule has 1 aliphatic rings. The van der Waals surface area contributed by atoms with Gasteiger partial charge in [-0.25, -0.2) is 0 Å². The Kier molecular flexibility index (Phi) is 10.5. The van der Waals surface area contributed by atoms with Gasteiger partial charge in [0.1, 0.15) is 5.75 Å². The first kappa shape index (κ1) is 32.6. The molecule has 5 rings (SSSR count). The molecule has 4 nitrogen and oxygen atoms in total. The van der Waals surface area contributed by atoms with E-state index in [0.717, 1.165) is 29.5 Å². The van der Waals surface area contributed by atoms with Crippen molar-refractivity contribution in [3.63, 3.8) is 0 Å². The van der Waals surface area contributed by atoms with Crippen LogP contribution in [0.2, 0.25) is 5.02 Å². The Morgan fingerprint density at radius 1 is 0.911 bits per heavy atom. The number of alkyl halides is 3. The molecule has 0 bridgehead atoms. The molecule has 236 valence electrons. The zero-order chi connectivity index (χ0) is 31.9. The number of hydrogen-bond donors (Lipinski definition) is 0. The van der Waals surface area contributed by atoms with E-state index in [1.54, 1.807) is 13.0 Å². The van der Waals surface area contributed by atoms with E-state index < -0.39 is 17.2 Å². The number of ether oxygens (including phenoxy) is 2. The highest BCUT2D eigenvalue weighted by atomic mass is 35.5. The summed E-state index contributed by atoms with van der Waals surface area (Å²) in [7, 11) is 0. The molecule has 1 aliphatic carbocycles. The second-order valence-corrected chi connectivity index (χ2v) is 11.8. The molecule has 8 heteroatoms. The van der Waals surface area contributed by atoms with E-state index in [4.69, 9.17) is 21.1 Å². The van der Waals surface area contributed by atoms with Crippen LogP contribution in [0.4, 0.5) is 13.2 Å². The van der Waals surface area contributed by atoms with Crippen molar-refractivity contribution in [3.8, 4) is 5.75 Å². The van der Waals surface area contributed by atoms with Crippen LogP contribution in [-0.2, 0) is 27.7 Å². The number of halogens is 4. The number of esters is 1. The molecule has 0 aromatic heterocycles. The van der Waals surface area contributed by atoms with Gasteiger partial charge in [0.2, 0.25) is 0 Å². The van der Waals surface area contributed by atoms with Gasteiger partial charge in [0.05, 0.1) is 29.2 Å². The Morgan fingerprint density at radius 2 is 1.56 bits per heavy atom. The second-order valence-electron chi connectivity index (χ2n) is 11.4. The summed E-state index contributed by atoms with van der Waals surface area (Å²) < 4.78 is 53.7. The Balaban J connectivity index is 1.34. The summed E-state index contributed by atoms with van der Waals surface area (Å²) in [4.78, 5) is 14.6. The fraction of sp³-hybridized carbons (Fsp3) is 0.324. The molecular weight excluding hydrogens is 599 g/mol. The van der Waals surface area contributed by atoms with Crippen LogP contribution in [0.15, 0.2) is 103 Å². The van der Waals surface area contributed by atoms with Crippen LogP contribution in [0.5, 0.6) is 5.75 Å². The smallest absolute Gasteiger partial charge is 0.418 e. The van der Waals surface area contributed by atoms with Crippen molar-refractivity contribution in [3.05, 3.63) is 136 Å². The van der Waals surface area contributed by atoms with Crippen LogP contribution in [0.3, 0.4) is 0 Å². The average Bonchev–Trinajstić information content (AvgIpc) is 3.85. The molecule has 0 radical (unpaired) electrons. The van der Waals surface area contributed by atoms with E-state index in [1.165, 1.54) is 12.1 Å². The summed E-state index contributed by atoms with van der Waals surface area (Å²) in [5, 5.41) is -0.304. The lowest BCUT2D eigenvalue weighted by Gasteiger charge is -2.29. The zero-order valence-electron chi connectivity index (χ0n) is 25.2. The van der Waals surface area contributed by atoms with Gasteiger partial charge in [-0.05, 0) is 66.6 Å². The molecule has 0 saturated heterocycles. The lowest BCUT2D eigenvalue weighted by molar-refractivity contribution is -0.146. The summed E-state index contributed by atoms with van der Waals surface area (Å²) in [6.07, 6.45) is -2.50. The standard InChI is InChI=1S/C37H37ClF3NO3/c1-2-44-35(43)36(20-21-36)30-17-10-18-31(24-30)45-23-11-22-42(25-29-16-9-19-33(38)34(29)37(39,40)41)26-32(27-12-5-3-6-13-27)28-14-7-4-8-15-28/h3-10,12-19,24,32H,2,11,20-23,25-26H2,1H3. The van der Waals surface area contributed by atoms with Gasteiger partial charge >= 0.3 is 12.1 Å². The van der Waals surface area contributed by atoms with Crippen molar-refractivity contribution in [2.75, 3.05) is 26.3 Å². The Labute approximate surface area is 267 Å². The van der Waals surface area contributed by atoms with E-state index in [-0.39, 0.29) is 29.0 Å². The molecule has 0 aliphatic heterocycles. The molecule has 45 heavy (non-hydrogen) atoms. The van der Waals surface area contributed by atoms with Crippen molar-refractivity contribution in [2.24, 2.45) is 0 Å². The van der Waals surface area contributed by atoms with Crippen molar-refractivity contribution >= 4 is 17.6 Å². The Morgan fingerprint density at radius 3 is 2.16 bits per heavy atom. The molecule has 0 heterocycles. The predicted octanol–water partition coefficient (Wildman–Crippen LogP) is 9.06. The van der Waals surface area contributed by atoms with Gasteiger partial charge in [-0.15, -0.1) is 0 Å². The SMILES string of the molecule is CCOC(=O)C1(c2cccc(OCCCN(Cc3cccc(Cl)c3C(F)(F)F)CC(c3ccccc3)c3ccccc3)c2)CC1. The predicted molar refractivity (Wildman–Crippen MR) is 171 cm³/mol. The van der Waals surface area contributed by atoms with Gasteiger partial charge < -0.3 is 9.47 Å². The molecule has 1 fully saturated rings. The quantitative estimate of drug-likeness (QED) is 0.102. The third-order valence-corrected chi connectivity index (χ3v) is 8.63. The summed E-state index contributed by atoms with van der Waals surface area (Å²) in [5.74, 6) is 0.384. The number of hydrogen-bond acceptors (Lipinski definition) is 4. The fourth-order valence-electron chi connectivity index (χ4n) is 5.89. The molecule has 4 aromatic carbocycles. The van der Waals surface area contributed by atoms with Gasteiger partial charge in [-0.3, -0.25) is 9.69 Å². The molecule has 0 spiro atoms. The fourth-order valence-corrected chi connectivity index (χ4v) is 6.19. The second kappa shape index (κ2) is 14.5. The topological polar surface area (TPSA) is 38.8 Å². The lowest BCUT2D eigenvalue weighted by atomic mass is 9.90. The number of benzene rings is 4. The summed E-state index contributed by atoms with van der Waals surface area (Å²) in [6, 6.07) is 31.9. The minimum Gasteiger partial charge on any atom is -0.494 e. The first-order valence-electron chi connectivity index (χ1n) is 15.3. The molecule has 0 atom stereocenters. The maximum absolute atomic E-state index is 14.1. The van der Waals surface area contributed by atoms with Gasteiger partial charge in [0.15, 0.2) is 0 Å². The minimum absolute atomic E-state index is 0.0591. The number of rotatable bonds is 14. The van der Waals surface area contributed by atoms with Gasteiger partial charge in [0, 0.05) is 25.6 Å². The van der Waals surface area contributed by atoms with Crippen LogP contribution in [0.1, 0.15) is 59.9 Å². The third-order valence-electron chi connectivity index (χ3n) is 8.31. The number of carbonyl (C=O) groups is 1. The maximum atomic E-state index is 14.1. The van der Waals surface area contributed by atoms with E-state index in [9.17, 15) is 18.0 Å². The Hall–Kier alpha value is -3.81. The summed E-state index contributed by atoms with van der Waals surface area (Å²) in [5.41, 5.74) is 1.80. The van der Waals surface area contributed by atoms with Crippen LogP contribution in [0.25, 0.3) is 0 Å². The number of nitrogens with zero attached hydrogens (tertiary/aromatic N) is 1. The van der Waals surface area contributed by atoms with E-state index in [0.29, 0.717) is 38.5 Å². The maximum Gasteiger partial charge on any atom is 0.418 e. The van der Waals surface area contributed by atoms with Gasteiger partial charge in [-0.1, -0.05) is 96.5 Å². The van der Waals surface area contributed by atoms with Gasteiger partial charge in [0.25, 0.3) is 0 Å². The molecular formula is C37H37ClF3NO3. The average molecular weight is 636 g/mol. The highest BCUT2D eigenvalue weighted by molar-refractivity contribution is 6.31. The first-order valence-corrected chi connectivity index (χ1v) is 15.7. The van der Waals surface area contributed by atoms with Crippen molar-refractivity contribution in [1.82, 2.24) is 4.90 Å². The van der Waals surface area contributed by atoms with Crippen molar-refractivity contribution in [2.45, 2.75) is 50.2 Å². The largest absolute Gasteiger partial charge is 0.494 e. The molecule has 0 N–H and O–H groups in total. The normalized spacial score (nSPS) is 14.0. The van der Waals surface area contributed by atoms with Crippen LogP contribution in [0, 0.1) is 0 Å². The van der Waals surface area contributed by atoms with Crippen LogP contribution < -0.4 is 4.74 Å². The van der Waals surface area contributed by atoms with Crippen molar-refractivity contribution < 1.29 is 27.4 Å². The summed E-state index contributed by atoms with van der Waals surface area (Å²) >= 11 is 6.09.